The first-order valence-electron chi connectivity index (χ1n) is 2.55. The summed E-state index contributed by atoms with van der Waals surface area (Å²) < 4.78 is 10.8. The number of hydrogen-bond acceptors (Lipinski definition) is 3. The Balaban J connectivity index is 2.93. The Labute approximate surface area is 60.4 Å². The van der Waals surface area contributed by atoms with Gasteiger partial charge in [0.15, 0.2) is 0 Å². The maximum atomic E-state index is 10.8. The molecular formula is C5H6N2O2S. The summed E-state index contributed by atoms with van der Waals surface area (Å²) in [6.45, 7) is 0. The summed E-state index contributed by atoms with van der Waals surface area (Å²) >= 11 is 0. The molecule has 0 aliphatic heterocycles. The summed E-state index contributed by atoms with van der Waals surface area (Å²) in [6.07, 6.45) is 0. The highest BCUT2D eigenvalue weighted by Gasteiger charge is 2.12. The van der Waals surface area contributed by atoms with Crippen molar-refractivity contribution in [1.29, 1.82) is 0 Å². The Morgan fingerprint density at radius 3 is 2.90 bits per heavy atom. The molecule has 3 N–H and O–H groups in total. The molecule has 0 bridgehead atoms. The van der Waals surface area contributed by atoms with Gasteiger partial charge < -0.3 is 4.55 Å². The maximum absolute atomic E-state index is 10.8. The summed E-state index contributed by atoms with van der Waals surface area (Å²) in [6, 6.07) is 3.03. The topological polar surface area (TPSA) is 78.2 Å². The van der Waals surface area contributed by atoms with Crippen LogP contribution in [-0.4, -0.2) is 10.5 Å². The van der Waals surface area contributed by atoms with Gasteiger partial charge in [0, 0.05) is 6.07 Å². The van der Waals surface area contributed by atoms with Gasteiger partial charge in [0.05, 0.1) is 0 Å². The van der Waals surface area contributed by atoms with Gasteiger partial charge in [0.25, 0.3) is 0 Å². The van der Waals surface area contributed by atoms with Crippen molar-refractivity contribution in [2.75, 3.05) is 0 Å². The zero-order valence-corrected chi connectivity index (χ0v) is 5.85. The quantitative estimate of drug-likeness (QED) is 0.262. The summed E-state index contributed by atoms with van der Waals surface area (Å²) in [5.41, 5.74) is 1.90. The standard InChI is InChI=1S/C5H6N2O2S/c6-7-5(8)4-2-1-3-10(4)9/h1-3H,6H2,(H,7,8). The lowest BCUT2D eigenvalue weighted by atomic mass is 10.5. The SMILES string of the molecule is NNC(=O)c1ccc[s+]1[O-]. The molecule has 0 fully saturated rings. The molecule has 1 atom stereocenters. The zero-order chi connectivity index (χ0) is 7.56. The fraction of sp³-hybridized carbons (Fsp3) is 0. The molecule has 0 radical (unpaired) electrons. The molecule has 0 aliphatic carbocycles. The van der Waals surface area contributed by atoms with E-state index in [1.165, 1.54) is 11.4 Å². The monoisotopic (exact) mass is 158 g/mol. The van der Waals surface area contributed by atoms with Crippen LogP contribution in [0.1, 0.15) is 9.67 Å². The highest BCUT2D eigenvalue weighted by atomic mass is 32.2. The number of amides is 1. The molecule has 1 rings (SSSR count). The van der Waals surface area contributed by atoms with Crippen LogP contribution in [0.15, 0.2) is 17.5 Å². The van der Waals surface area contributed by atoms with Crippen LogP contribution in [0.3, 0.4) is 0 Å². The van der Waals surface area contributed by atoms with Crippen LogP contribution in [0.2, 0.25) is 0 Å². The first-order chi connectivity index (χ1) is 4.75. The van der Waals surface area contributed by atoms with Crippen LogP contribution in [-0.2, 0) is 0 Å². The van der Waals surface area contributed by atoms with Gasteiger partial charge in [-0.15, -0.1) is 0 Å². The fourth-order valence-electron chi connectivity index (χ4n) is 0.577. The number of nitrogen functional groups attached to an aromatic ring is 1. The smallest absolute Gasteiger partial charge is 0.318 e. The Bertz CT molecular complexity index is 246. The number of hydrazine groups is 1. The van der Waals surface area contributed by atoms with Crippen molar-refractivity contribution in [3.63, 3.8) is 0 Å². The van der Waals surface area contributed by atoms with E-state index < -0.39 is 16.7 Å². The third-order valence-electron chi connectivity index (χ3n) is 1.02. The van der Waals surface area contributed by atoms with E-state index in [1.54, 1.807) is 6.07 Å². The second-order valence-corrected chi connectivity index (χ2v) is 2.94. The second-order valence-electron chi connectivity index (χ2n) is 1.63. The first-order valence-corrected chi connectivity index (χ1v) is 3.77. The van der Waals surface area contributed by atoms with Gasteiger partial charge in [-0.25, -0.2) is 5.84 Å². The Morgan fingerprint density at radius 1 is 1.80 bits per heavy atom. The van der Waals surface area contributed by atoms with Gasteiger partial charge in [-0.1, -0.05) is 0 Å². The van der Waals surface area contributed by atoms with Crippen molar-refractivity contribution in [1.82, 2.24) is 5.43 Å². The van der Waals surface area contributed by atoms with E-state index in [1.807, 2.05) is 5.43 Å². The van der Waals surface area contributed by atoms with E-state index in [-0.39, 0.29) is 4.88 Å². The molecule has 4 nitrogen and oxygen atoms in total. The molecule has 0 saturated heterocycles. The molecule has 1 unspecified atom stereocenters. The fourth-order valence-corrected chi connectivity index (χ4v) is 1.40. The summed E-state index contributed by atoms with van der Waals surface area (Å²) in [5, 5.41) is 1.42. The van der Waals surface area contributed by atoms with Gasteiger partial charge in [-0.2, -0.15) is 0 Å². The minimum atomic E-state index is -1.30. The van der Waals surface area contributed by atoms with Crippen molar-refractivity contribution in [3.8, 4) is 0 Å². The number of nitrogens with two attached hydrogens (primary N) is 1. The molecule has 0 spiro atoms. The van der Waals surface area contributed by atoms with E-state index >= 15 is 0 Å². The normalized spacial score (nSPS) is 11.2. The number of thiophene rings is 1. The van der Waals surface area contributed by atoms with Gasteiger partial charge in [-0.05, 0) is 16.8 Å². The van der Waals surface area contributed by atoms with Crippen molar-refractivity contribution in [2.45, 2.75) is 0 Å². The van der Waals surface area contributed by atoms with Crippen molar-refractivity contribution >= 4 is 16.7 Å². The lowest BCUT2D eigenvalue weighted by molar-refractivity contribution is 0.0957. The van der Waals surface area contributed by atoms with Crippen LogP contribution in [0, 0.1) is 0 Å². The van der Waals surface area contributed by atoms with Gasteiger partial charge in [0.2, 0.25) is 4.88 Å². The number of rotatable bonds is 1. The van der Waals surface area contributed by atoms with Crippen molar-refractivity contribution in [2.24, 2.45) is 5.84 Å². The maximum Gasteiger partial charge on any atom is 0.318 e. The Morgan fingerprint density at radius 2 is 2.50 bits per heavy atom. The second kappa shape index (κ2) is 2.78. The highest BCUT2D eigenvalue weighted by molar-refractivity contribution is 7.25. The molecule has 10 heavy (non-hydrogen) atoms. The molecular weight excluding hydrogens is 152 g/mol. The number of carbonyl (C=O) groups is 1. The highest BCUT2D eigenvalue weighted by Crippen LogP contribution is 2.18. The van der Waals surface area contributed by atoms with Crippen LogP contribution in [0.5, 0.6) is 0 Å². The van der Waals surface area contributed by atoms with Gasteiger partial charge in [0.1, 0.15) is 5.38 Å². The molecule has 54 valence electrons. The van der Waals surface area contributed by atoms with E-state index in [2.05, 4.69) is 0 Å². The molecule has 0 aromatic carbocycles. The van der Waals surface area contributed by atoms with Crippen LogP contribution in [0.4, 0.5) is 0 Å². The first kappa shape index (κ1) is 7.20. The van der Waals surface area contributed by atoms with Crippen LogP contribution >= 0.6 is 10.8 Å². The van der Waals surface area contributed by atoms with E-state index in [0.717, 1.165) is 0 Å². The summed E-state index contributed by atoms with van der Waals surface area (Å²) in [5.74, 6) is 4.31. The molecule has 1 aromatic rings. The van der Waals surface area contributed by atoms with Crippen molar-refractivity contribution < 1.29 is 9.35 Å². The molecule has 0 saturated carbocycles. The predicted molar refractivity (Wildman–Crippen MR) is 36.8 cm³/mol. The van der Waals surface area contributed by atoms with Crippen molar-refractivity contribution in [3.05, 3.63) is 22.4 Å². The predicted octanol–water partition coefficient (Wildman–Crippen LogP) is 0.0177. The molecule has 1 amide bonds. The number of hydrogen-bond donors (Lipinski definition) is 2. The molecule has 5 heteroatoms. The van der Waals surface area contributed by atoms with Gasteiger partial charge in [-0.3, -0.25) is 10.2 Å². The third-order valence-corrected chi connectivity index (χ3v) is 2.18. The minimum Gasteiger partial charge on any atom is -0.590 e. The average molecular weight is 158 g/mol. The lowest BCUT2D eigenvalue weighted by Crippen LogP contribution is -2.29. The zero-order valence-electron chi connectivity index (χ0n) is 5.03. The van der Waals surface area contributed by atoms with E-state index in [0.29, 0.717) is 0 Å². The van der Waals surface area contributed by atoms with E-state index in [9.17, 15) is 9.35 Å². The number of carbonyl (C=O) groups excluding carboxylic acids is 1. The lowest BCUT2D eigenvalue weighted by Gasteiger charge is -1.93. The Kier molecular flexibility index (Phi) is 2.00. The summed E-state index contributed by atoms with van der Waals surface area (Å²) in [4.78, 5) is 10.9. The van der Waals surface area contributed by atoms with E-state index in [4.69, 9.17) is 5.84 Å². The average Bonchev–Trinajstić information content (AvgIpc) is 2.34. The molecule has 1 heterocycles. The summed E-state index contributed by atoms with van der Waals surface area (Å²) in [7, 11) is -1.30. The largest absolute Gasteiger partial charge is 0.590 e. The Hall–Kier alpha value is -0.910. The van der Waals surface area contributed by atoms with Gasteiger partial charge >= 0.3 is 5.91 Å². The molecule has 1 aromatic heterocycles. The minimum absolute atomic E-state index is 0.197. The third kappa shape index (κ3) is 1.15. The van der Waals surface area contributed by atoms with Crippen LogP contribution < -0.4 is 11.3 Å². The molecule has 0 aliphatic rings. The van der Waals surface area contributed by atoms with Crippen LogP contribution in [0.25, 0.3) is 0 Å². The number of nitrogens with one attached hydrogen (secondary N) is 1.